The third-order valence-corrected chi connectivity index (χ3v) is 5.17. The third kappa shape index (κ3) is 3.99. The Morgan fingerprint density at radius 3 is 2.71 bits per heavy atom. The van der Waals surface area contributed by atoms with Gasteiger partial charge in [0.15, 0.2) is 4.77 Å². The standard InChI is InChI=1S/C20H21FN4O2S/c21-14-10-15(18-16(11-14)23-20(28)24-18)19(26)22-12-17(13-4-2-1-3-5-13)25-6-8-27-9-7-25/h1-5,10-11,17H,6-9,12H2,(H,22,26)(H2,23,24,28). The molecule has 146 valence electrons. The minimum absolute atomic E-state index is 0.0165. The van der Waals surface area contributed by atoms with Crippen LogP contribution in [0.25, 0.3) is 11.0 Å². The minimum atomic E-state index is -0.490. The molecular formula is C20H21FN4O2S. The highest BCUT2D eigenvalue weighted by atomic mass is 32.1. The second-order valence-electron chi connectivity index (χ2n) is 6.74. The predicted molar refractivity (Wildman–Crippen MR) is 107 cm³/mol. The zero-order valence-corrected chi connectivity index (χ0v) is 16.0. The topological polar surface area (TPSA) is 73.2 Å². The van der Waals surface area contributed by atoms with E-state index in [2.05, 4.69) is 32.3 Å². The molecule has 0 saturated carbocycles. The number of carbonyl (C=O) groups excluding carboxylic acids is 1. The number of nitrogens with zero attached hydrogens (tertiary/aromatic N) is 1. The van der Waals surface area contributed by atoms with Gasteiger partial charge in [-0.05, 0) is 29.9 Å². The second-order valence-corrected chi connectivity index (χ2v) is 7.15. The molecule has 0 radical (unpaired) electrons. The molecule has 1 unspecified atom stereocenters. The predicted octanol–water partition coefficient (Wildman–Crippen LogP) is 3.17. The first-order chi connectivity index (χ1) is 13.6. The first kappa shape index (κ1) is 18.8. The quantitative estimate of drug-likeness (QED) is 0.575. The molecule has 1 aliphatic heterocycles. The number of H-pyrrole nitrogens is 2. The van der Waals surface area contributed by atoms with Gasteiger partial charge in [-0.3, -0.25) is 9.69 Å². The number of morpholine rings is 1. The van der Waals surface area contributed by atoms with Crippen molar-refractivity contribution in [1.82, 2.24) is 20.2 Å². The Hall–Kier alpha value is -2.55. The summed E-state index contributed by atoms with van der Waals surface area (Å²) in [6, 6.07) is 12.6. The third-order valence-electron chi connectivity index (χ3n) is 4.96. The van der Waals surface area contributed by atoms with Crippen LogP contribution in [0.1, 0.15) is 22.0 Å². The highest BCUT2D eigenvalue weighted by Gasteiger charge is 2.24. The summed E-state index contributed by atoms with van der Waals surface area (Å²) in [5, 5.41) is 2.97. The number of aromatic nitrogens is 2. The molecule has 0 bridgehead atoms. The second kappa shape index (κ2) is 8.22. The lowest BCUT2D eigenvalue weighted by molar-refractivity contribution is 0.0162. The number of hydrogen-bond acceptors (Lipinski definition) is 4. The average molecular weight is 400 g/mol. The fourth-order valence-corrected chi connectivity index (χ4v) is 3.81. The van der Waals surface area contributed by atoms with Gasteiger partial charge in [0, 0.05) is 19.6 Å². The van der Waals surface area contributed by atoms with Crippen LogP contribution in [-0.4, -0.2) is 53.6 Å². The molecule has 0 spiro atoms. The largest absolute Gasteiger partial charge is 0.379 e. The van der Waals surface area contributed by atoms with Crippen LogP contribution < -0.4 is 5.32 Å². The Morgan fingerprint density at radius 2 is 1.96 bits per heavy atom. The summed E-state index contributed by atoms with van der Waals surface area (Å²) in [6.45, 7) is 3.34. The van der Waals surface area contributed by atoms with Gasteiger partial charge < -0.3 is 20.0 Å². The van der Waals surface area contributed by atoms with Gasteiger partial charge in [-0.25, -0.2) is 4.39 Å². The fourth-order valence-electron chi connectivity index (χ4n) is 3.59. The molecule has 28 heavy (non-hydrogen) atoms. The number of ether oxygens (including phenoxy) is 1. The van der Waals surface area contributed by atoms with E-state index in [1.54, 1.807) is 0 Å². The Morgan fingerprint density at radius 1 is 1.21 bits per heavy atom. The van der Waals surface area contributed by atoms with Crippen molar-refractivity contribution in [1.29, 1.82) is 0 Å². The highest BCUT2D eigenvalue weighted by Crippen LogP contribution is 2.22. The Labute approximate surface area is 166 Å². The number of nitrogens with one attached hydrogen (secondary N) is 3. The molecule has 3 aromatic rings. The number of carbonyl (C=O) groups is 1. The summed E-state index contributed by atoms with van der Waals surface area (Å²) >= 11 is 5.07. The number of aromatic amines is 2. The van der Waals surface area contributed by atoms with Crippen LogP contribution in [0.2, 0.25) is 0 Å². The number of halogens is 1. The normalized spacial score (nSPS) is 16.2. The first-order valence-corrected chi connectivity index (χ1v) is 9.59. The maximum absolute atomic E-state index is 14.0. The SMILES string of the molecule is O=C(NCC(c1ccccc1)N1CCOCC1)c1cc(F)cc2[nH]c(=S)[nH]c12. The van der Waals surface area contributed by atoms with E-state index in [1.165, 1.54) is 12.1 Å². The average Bonchev–Trinajstić information content (AvgIpc) is 3.09. The lowest BCUT2D eigenvalue weighted by atomic mass is 10.0. The van der Waals surface area contributed by atoms with Crippen molar-refractivity contribution in [3.8, 4) is 0 Å². The van der Waals surface area contributed by atoms with E-state index in [9.17, 15) is 9.18 Å². The van der Waals surface area contributed by atoms with Gasteiger partial charge >= 0.3 is 0 Å². The maximum Gasteiger partial charge on any atom is 0.253 e. The van der Waals surface area contributed by atoms with Gasteiger partial charge in [0.05, 0.1) is 35.9 Å². The van der Waals surface area contributed by atoms with E-state index in [-0.39, 0.29) is 17.5 Å². The van der Waals surface area contributed by atoms with Gasteiger partial charge in [0.25, 0.3) is 5.91 Å². The van der Waals surface area contributed by atoms with Gasteiger partial charge in [-0.2, -0.15) is 0 Å². The summed E-state index contributed by atoms with van der Waals surface area (Å²) in [5.74, 6) is -0.834. The van der Waals surface area contributed by atoms with Crippen LogP contribution in [0, 0.1) is 10.6 Å². The van der Waals surface area contributed by atoms with Crippen molar-refractivity contribution in [3.63, 3.8) is 0 Å². The van der Waals surface area contributed by atoms with Crippen molar-refractivity contribution in [3.05, 3.63) is 64.2 Å². The molecule has 1 aliphatic rings. The molecule has 3 N–H and O–H groups in total. The number of benzene rings is 2. The Balaban J connectivity index is 1.57. The first-order valence-electron chi connectivity index (χ1n) is 9.18. The van der Waals surface area contributed by atoms with Crippen LogP contribution in [0.3, 0.4) is 0 Å². The molecule has 1 fully saturated rings. The van der Waals surface area contributed by atoms with Crippen molar-refractivity contribution in [2.75, 3.05) is 32.8 Å². The van der Waals surface area contributed by atoms with Crippen molar-refractivity contribution >= 4 is 29.2 Å². The van der Waals surface area contributed by atoms with Crippen molar-refractivity contribution in [2.45, 2.75) is 6.04 Å². The highest BCUT2D eigenvalue weighted by molar-refractivity contribution is 7.71. The molecule has 1 amide bonds. The summed E-state index contributed by atoms with van der Waals surface area (Å²) < 4.78 is 19.8. The van der Waals surface area contributed by atoms with Gasteiger partial charge in [-0.15, -0.1) is 0 Å². The molecule has 1 aromatic heterocycles. The minimum Gasteiger partial charge on any atom is -0.379 e. The van der Waals surface area contributed by atoms with E-state index in [4.69, 9.17) is 17.0 Å². The molecule has 6 nitrogen and oxygen atoms in total. The van der Waals surface area contributed by atoms with Crippen LogP contribution in [-0.2, 0) is 4.74 Å². The van der Waals surface area contributed by atoms with Gasteiger partial charge in [0.1, 0.15) is 5.82 Å². The lowest BCUT2D eigenvalue weighted by Crippen LogP contribution is -2.43. The Kier molecular flexibility index (Phi) is 5.52. The summed E-state index contributed by atoms with van der Waals surface area (Å²) in [7, 11) is 0. The number of hydrogen-bond donors (Lipinski definition) is 3. The zero-order chi connectivity index (χ0) is 19.5. The van der Waals surface area contributed by atoms with E-state index >= 15 is 0 Å². The molecular weight excluding hydrogens is 379 g/mol. The van der Waals surface area contributed by atoms with E-state index in [0.717, 1.165) is 18.7 Å². The van der Waals surface area contributed by atoms with E-state index in [0.29, 0.717) is 35.6 Å². The maximum atomic E-state index is 14.0. The van der Waals surface area contributed by atoms with Crippen LogP contribution in [0.15, 0.2) is 42.5 Å². The molecule has 4 rings (SSSR count). The summed E-state index contributed by atoms with van der Waals surface area (Å²) in [5.41, 5.74) is 2.33. The molecule has 2 aromatic carbocycles. The number of amides is 1. The van der Waals surface area contributed by atoms with Crippen LogP contribution >= 0.6 is 12.2 Å². The monoisotopic (exact) mass is 400 g/mol. The summed E-state index contributed by atoms with van der Waals surface area (Å²) in [4.78, 5) is 20.9. The van der Waals surface area contributed by atoms with Crippen LogP contribution in [0.4, 0.5) is 4.39 Å². The number of imidazole rings is 1. The lowest BCUT2D eigenvalue weighted by Gasteiger charge is -2.35. The zero-order valence-electron chi connectivity index (χ0n) is 15.2. The van der Waals surface area contributed by atoms with Crippen molar-refractivity contribution < 1.29 is 13.9 Å². The molecule has 0 aliphatic carbocycles. The van der Waals surface area contributed by atoms with Crippen LogP contribution in [0.5, 0.6) is 0 Å². The smallest absolute Gasteiger partial charge is 0.253 e. The molecule has 1 saturated heterocycles. The molecule has 2 heterocycles. The fraction of sp³-hybridized carbons (Fsp3) is 0.300. The number of fused-ring (bicyclic) bond motifs is 1. The molecule has 1 atom stereocenters. The van der Waals surface area contributed by atoms with Crippen molar-refractivity contribution in [2.24, 2.45) is 0 Å². The van der Waals surface area contributed by atoms with E-state index < -0.39 is 5.82 Å². The summed E-state index contributed by atoms with van der Waals surface area (Å²) in [6.07, 6.45) is 0. The van der Waals surface area contributed by atoms with Gasteiger partial charge in [0.2, 0.25) is 0 Å². The van der Waals surface area contributed by atoms with Gasteiger partial charge in [-0.1, -0.05) is 30.3 Å². The molecule has 8 heteroatoms. The Bertz CT molecular complexity index is 1030. The number of rotatable bonds is 5. The van der Waals surface area contributed by atoms with E-state index in [1.807, 2.05) is 18.2 Å².